The van der Waals surface area contributed by atoms with E-state index in [0.29, 0.717) is 12.3 Å². The van der Waals surface area contributed by atoms with Gasteiger partial charge in [-0.05, 0) is 43.4 Å². The van der Waals surface area contributed by atoms with Crippen molar-refractivity contribution in [2.45, 2.75) is 38.0 Å². The summed E-state index contributed by atoms with van der Waals surface area (Å²) in [6.07, 6.45) is -1.87. The summed E-state index contributed by atoms with van der Waals surface area (Å²) in [5, 5.41) is 10.1. The third kappa shape index (κ3) is 3.00. The maximum absolute atomic E-state index is 12.3. The van der Waals surface area contributed by atoms with Gasteiger partial charge < -0.3 is 5.11 Å². The van der Waals surface area contributed by atoms with Crippen LogP contribution in [0.25, 0.3) is 0 Å². The highest BCUT2D eigenvalue weighted by Crippen LogP contribution is 2.41. The van der Waals surface area contributed by atoms with E-state index >= 15 is 0 Å². The molecular weight excluding hydrogens is 229 g/mol. The van der Waals surface area contributed by atoms with Crippen molar-refractivity contribution in [2.24, 2.45) is 5.92 Å². The van der Waals surface area contributed by atoms with Crippen LogP contribution in [0.3, 0.4) is 0 Å². The van der Waals surface area contributed by atoms with E-state index in [1.54, 1.807) is 6.92 Å². The Labute approximate surface area is 98.3 Å². The van der Waals surface area contributed by atoms with Gasteiger partial charge in [0.1, 0.15) is 0 Å². The first-order valence-electron chi connectivity index (χ1n) is 5.67. The van der Waals surface area contributed by atoms with Gasteiger partial charge in [-0.25, -0.2) is 0 Å². The first kappa shape index (κ1) is 12.4. The lowest BCUT2D eigenvalue weighted by Gasteiger charge is -2.23. The molecule has 0 heterocycles. The summed E-state index contributed by atoms with van der Waals surface area (Å²) >= 11 is 0. The van der Waals surface area contributed by atoms with E-state index in [1.165, 1.54) is 12.1 Å². The van der Waals surface area contributed by atoms with Gasteiger partial charge in [0.25, 0.3) is 0 Å². The lowest BCUT2D eigenvalue weighted by atomic mass is 9.91. The summed E-state index contributed by atoms with van der Waals surface area (Å²) in [5.41, 5.74) is -0.693. The summed E-state index contributed by atoms with van der Waals surface area (Å²) in [5.74, 6) is 0.296. The van der Waals surface area contributed by atoms with Crippen molar-refractivity contribution in [3.8, 4) is 0 Å². The molecule has 1 nitrogen and oxygen atoms in total. The first-order valence-corrected chi connectivity index (χ1v) is 5.67. The maximum atomic E-state index is 12.3. The molecule has 0 aliphatic heterocycles. The number of halogens is 3. The molecule has 94 valence electrons. The van der Waals surface area contributed by atoms with Crippen LogP contribution in [0.2, 0.25) is 0 Å². The van der Waals surface area contributed by atoms with Crippen LogP contribution in [0.4, 0.5) is 13.2 Å². The van der Waals surface area contributed by atoms with Crippen LogP contribution in [0, 0.1) is 5.92 Å². The predicted octanol–water partition coefficient (Wildman–Crippen LogP) is 3.41. The standard InChI is InChI=1S/C13H15F3O/c1-12(17,10-6-7-10)8-9-2-4-11(5-3-9)13(14,15)16/h2-5,10,17H,6-8H2,1H3. The highest BCUT2D eigenvalue weighted by atomic mass is 19.4. The van der Waals surface area contributed by atoms with Crippen LogP contribution in [-0.2, 0) is 12.6 Å². The highest BCUT2D eigenvalue weighted by Gasteiger charge is 2.39. The van der Waals surface area contributed by atoms with E-state index < -0.39 is 17.3 Å². The first-order chi connectivity index (χ1) is 7.79. The summed E-state index contributed by atoms with van der Waals surface area (Å²) < 4.78 is 37.0. The average Bonchev–Trinajstić information content (AvgIpc) is 2.99. The van der Waals surface area contributed by atoms with Crippen molar-refractivity contribution in [1.82, 2.24) is 0 Å². The quantitative estimate of drug-likeness (QED) is 0.863. The molecule has 0 spiro atoms. The van der Waals surface area contributed by atoms with Gasteiger partial charge in [-0.2, -0.15) is 13.2 Å². The molecule has 17 heavy (non-hydrogen) atoms. The second-order valence-corrected chi connectivity index (χ2v) is 5.00. The molecule has 4 heteroatoms. The zero-order chi connectivity index (χ0) is 12.7. The van der Waals surface area contributed by atoms with Crippen molar-refractivity contribution < 1.29 is 18.3 Å². The molecule has 1 aliphatic rings. The smallest absolute Gasteiger partial charge is 0.390 e. The van der Waals surface area contributed by atoms with E-state index in [9.17, 15) is 18.3 Å². The molecule has 0 saturated heterocycles. The molecule has 1 aromatic carbocycles. The van der Waals surface area contributed by atoms with Gasteiger partial charge in [0.15, 0.2) is 0 Å². The summed E-state index contributed by atoms with van der Waals surface area (Å²) in [6.45, 7) is 1.75. The Bertz CT molecular complexity index is 388. The Kier molecular flexibility index (Phi) is 2.94. The fraction of sp³-hybridized carbons (Fsp3) is 0.538. The molecule has 1 atom stereocenters. The van der Waals surface area contributed by atoms with Crippen molar-refractivity contribution in [3.05, 3.63) is 35.4 Å². The number of rotatable bonds is 3. The van der Waals surface area contributed by atoms with Crippen molar-refractivity contribution in [2.75, 3.05) is 0 Å². The van der Waals surface area contributed by atoms with Gasteiger partial charge in [-0.1, -0.05) is 12.1 Å². The minimum Gasteiger partial charge on any atom is -0.390 e. The monoisotopic (exact) mass is 244 g/mol. The third-order valence-corrected chi connectivity index (χ3v) is 3.30. The van der Waals surface area contributed by atoms with E-state index in [2.05, 4.69) is 0 Å². The van der Waals surface area contributed by atoms with Gasteiger partial charge >= 0.3 is 6.18 Å². The molecular formula is C13H15F3O. The molecule has 0 radical (unpaired) electrons. The SMILES string of the molecule is CC(O)(Cc1ccc(C(F)(F)F)cc1)C1CC1. The summed E-state index contributed by atoms with van der Waals surface area (Å²) in [7, 11) is 0. The number of hydrogen-bond acceptors (Lipinski definition) is 1. The number of aliphatic hydroxyl groups is 1. The Morgan fingerprint density at radius 1 is 1.18 bits per heavy atom. The number of hydrogen-bond donors (Lipinski definition) is 1. The zero-order valence-electron chi connectivity index (χ0n) is 9.59. The molecule has 0 aromatic heterocycles. The third-order valence-electron chi connectivity index (χ3n) is 3.30. The van der Waals surface area contributed by atoms with E-state index in [1.807, 2.05) is 0 Å². The largest absolute Gasteiger partial charge is 0.416 e. The molecule has 1 fully saturated rings. The molecule has 1 unspecified atom stereocenters. The average molecular weight is 244 g/mol. The Hall–Kier alpha value is -1.03. The van der Waals surface area contributed by atoms with Crippen molar-refractivity contribution in [3.63, 3.8) is 0 Å². The van der Waals surface area contributed by atoms with Crippen LogP contribution in [0.1, 0.15) is 30.9 Å². The van der Waals surface area contributed by atoms with Crippen LogP contribution in [-0.4, -0.2) is 10.7 Å². The molecule has 1 aromatic rings. The lowest BCUT2D eigenvalue weighted by molar-refractivity contribution is -0.137. The van der Waals surface area contributed by atoms with E-state index in [0.717, 1.165) is 30.5 Å². The predicted molar refractivity (Wildman–Crippen MR) is 58.5 cm³/mol. The lowest BCUT2D eigenvalue weighted by Crippen LogP contribution is -2.29. The van der Waals surface area contributed by atoms with Gasteiger partial charge in [-0.15, -0.1) is 0 Å². The number of alkyl halides is 3. The van der Waals surface area contributed by atoms with Gasteiger partial charge in [0.2, 0.25) is 0 Å². The Morgan fingerprint density at radius 2 is 1.71 bits per heavy atom. The normalized spacial score (nSPS) is 20.1. The van der Waals surface area contributed by atoms with Gasteiger partial charge in [0, 0.05) is 6.42 Å². The fourth-order valence-corrected chi connectivity index (χ4v) is 2.07. The second kappa shape index (κ2) is 4.02. The number of benzene rings is 1. The molecule has 1 saturated carbocycles. The molecule has 0 amide bonds. The summed E-state index contributed by atoms with van der Waals surface area (Å²) in [6, 6.07) is 5.02. The Balaban J connectivity index is 2.08. The topological polar surface area (TPSA) is 20.2 Å². The molecule has 0 bridgehead atoms. The van der Waals surface area contributed by atoms with E-state index in [-0.39, 0.29) is 0 Å². The Morgan fingerprint density at radius 3 is 2.12 bits per heavy atom. The van der Waals surface area contributed by atoms with Crippen LogP contribution < -0.4 is 0 Å². The van der Waals surface area contributed by atoms with Crippen LogP contribution in [0.5, 0.6) is 0 Å². The van der Waals surface area contributed by atoms with Gasteiger partial charge in [0.05, 0.1) is 11.2 Å². The summed E-state index contributed by atoms with van der Waals surface area (Å²) in [4.78, 5) is 0. The minimum atomic E-state index is -4.29. The van der Waals surface area contributed by atoms with E-state index in [4.69, 9.17) is 0 Å². The second-order valence-electron chi connectivity index (χ2n) is 5.00. The maximum Gasteiger partial charge on any atom is 0.416 e. The van der Waals surface area contributed by atoms with Crippen LogP contribution in [0.15, 0.2) is 24.3 Å². The van der Waals surface area contributed by atoms with Crippen molar-refractivity contribution >= 4 is 0 Å². The molecule has 1 N–H and O–H groups in total. The fourth-order valence-electron chi connectivity index (χ4n) is 2.07. The zero-order valence-corrected chi connectivity index (χ0v) is 9.59. The minimum absolute atomic E-state index is 0.296. The van der Waals surface area contributed by atoms with Crippen molar-refractivity contribution in [1.29, 1.82) is 0 Å². The molecule has 1 aliphatic carbocycles. The highest BCUT2D eigenvalue weighted by molar-refractivity contribution is 5.26. The van der Waals surface area contributed by atoms with Crippen LogP contribution >= 0.6 is 0 Å². The molecule has 2 rings (SSSR count). The van der Waals surface area contributed by atoms with Gasteiger partial charge in [-0.3, -0.25) is 0 Å².